The highest BCUT2D eigenvalue weighted by molar-refractivity contribution is 7.19. The number of methoxy groups -OCH3 is 1. The Bertz CT molecular complexity index is 652. The highest BCUT2D eigenvalue weighted by Gasteiger charge is 2.31. The van der Waals surface area contributed by atoms with Crippen LogP contribution in [0.2, 0.25) is 0 Å². The predicted octanol–water partition coefficient (Wildman–Crippen LogP) is 3.20. The number of hydrogen-bond acceptors (Lipinski definition) is 5. The molecule has 0 bridgehead atoms. The average molecular weight is 302 g/mol. The van der Waals surface area contributed by atoms with Gasteiger partial charge in [-0.05, 0) is 17.7 Å². The summed E-state index contributed by atoms with van der Waals surface area (Å²) in [6.07, 6.45) is -4.46. The second-order valence-corrected chi connectivity index (χ2v) is 4.83. The molecule has 1 aromatic heterocycles. The fraction of sp³-hybridized carbons (Fsp3) is 0.167. The first kappa shape index (κ1) is 14.3. The Morgan fingerprint density at radius 3 is 2.70 bits per heavy atom. The van der Waals surface area contributed by atoms with E-state index in [1.165, 1.54) is 12.1 Å². The predicted molar refractivity (Wildman–Crippen MR) is 68.3 cm³/mol. The van der Waals surface area contributed by atoms with Crippen LogP contribution in [0.3, 0.4) is 0 Å². The largest absolute Gasteiger partial charge is 0.464 e. The van der Waals surface area contributed by atoms with Gasteiger partial charge in [0.1, 0.15) is 0 Å². The van der Waals surface area contributed by atoms with E-state index in [9.17, 15) is 18.0 Å². The number of aromatic nitrogens is 1. The number of ether oxygens (including phenoxy) is 1. The number of nitrogens with zero attached hydrogens (tertiary/aromatic N) is 1. The topological polar surface area (TPSA) is 65.2 Å². The van der Waals surface area contributed by atoms with Gasteiger partial charge in [-0.1, -0.05) is 23.5 Å². The third-order valence-electron chi connectivity index (χ3n) is 2.47. The van der Waals surface area contributed by atoms with Gasteiger partial charge in [0.05, 0.1) is 17.6 Å². The molecular formula is C12H9F3N2O2S. The zero-order valence-corrected chi connectivity index (χ0v) is 11.0. The van der Waals surface area contributed by atoms with Crippen LogP contribution in [-0.2, 0) is 10.9 Å². The summed E-state index contributed by atoms with van der Waals surface area (Å²) < 4.78 is 42.6. The van der Waals surface area contributed by atoms with Gasteiger partial charge >= 0.3 is 12.1 Å². The summed E-state index contributed by atoms with van der Waals surface area (Å²) in [5.41, 5.74) is 4.83. The van der Waals surface area contributed by atoms with E-state index in [1.54, 1.807) is 0 Å². The second-order valence-electron chi connectivity index (χ2n) is 3.80. The zero-order chi connectivity index (χ0) is 14.9. The minimum absolute atomic E-state index is 0.0813. The quantitative estimate of drug-likeness (QED) is 0.865. The van der Waals surface area contributed by atoms with E-state index in [0.29, 0.717) is 0 Å². The Hall–Kier alpha value is -2.09. The zero-order valence-electron chi connectivity index (χ0n) is 10.2. The lowest BCUT2D eigenvalue weighted by Crippen LogP contribution is -2.06. The van der Waals surface area contributed by atoms with Crippen LogP contribution in [0.5, 0.6) is 0 Å². The molecule has 0 aliphatic rings. The summed E-state index contributed by atoms with van der Waals surface area (Å²) in [7, 11) is 1.16. The molecule has 0 aliphatic heterocycles. The standard InChI is InChI=1S/C12H9F3N2O2S/c1-19-10(18)8-9(20-11(16)17-8)6-3-2-4-7(5-6)12(13,14)15/h2-5H,1H3,(H2,16,17). The van der Waals surface area contributed by atoms with Crippen molar-refractivity contribution >= 4 is 22.4 Å². The van der Waals surface area contributed by atoms with E-state index in [4.69, 9.17) is 5.73 Å². The maximum Gasteiger partial charge on any atom is 0.416 e. The fourth-order valence-electron chi connectivity index (χ4n) is 1.60. The van der Waals surface area contributed by atoms with E-state index in [-0.39, 0.29) is 21.3 Å². The molecule has 0 fully saturated rings. The molecule has 0 aliphatic carbocycles. The molecule has 0 atom stereocenters. The van der Waals surface area contributed by atoms with Gasteiger partial charge < -0.3 is 10.5 Å². The van der Waals surface area contributed by atoms with Crippen molar-refractivity contribution in [1.82, 2.24) is 4.98 Å². The maximum absolute atomic E-state index is 12.7. The van der Waals surface area contributed by atoms with Gasteiger partial charge in [-0.2, -0.15) is 13.2 Å². The highest BCUT2D eigenvalue weighted by Crippen LogP contribution is 2.36. The lowest BCUT2D eigenvalue weighted by Gasteiger charge is -2.08. The molecular weight excluding hydrogens is 293 g/mol. The molecule has 2 rings (SSSR count). The first-order valence-corrected chi connectivity index (χ1v) is 6.17. The molecule has 1 aromatic carbocycles. The highest BCUT2D eigenvalue weighted by atomic mass is 32.1. The number of esters is 1. The lowest BCUT2D eigenvalue weighted by atomic mass is 10.1. The minimum Gasteiger partial charge on any atom is -0.464 e. The summed E-state index contributed by atoms with van der Waals surface area (Å²) in [4.78, 5) is 15.6. The summed E-state index contributed by atoms with van der Waals surface area (Å²) >= 11 is 0.929. The van der Waals surface area contributed by atoms with E-state index >= 15 is 0 Å². The molecule has 8 heteroatoms. The van der Waals surface area contributed by atoms with E-state index < -0.39 is 17.7 Å². The molecule has 2 aromatic rings. The van der Waals surface area contributed by atoms with Crippen molar-refractivity contribution in [3.8, 4) is 10.4 Å². The molecule has 4 nitrogen and oxygen atoms in total. The van der Waals surface area contributed by atoms with Crippen LogP contribution in [0.15, 0.2) is 24.3 Å². The SMILES string of the molecule is COC(=O)c1nc(N)sc1-c1cccc(C(F)(F)F)c1. The number of carbonyl (C=O) groups excluding carboxylic acids is 1. The Kier molecular flexibility index (Phi) is 3.67. The molecule has 0 spiro atoms. The van der Waals surface area contributed by atoms with Gasteiger partial charge in [0.25, 0.3) is 0 Å². The second kappa shape index (κ2) is 5.12. The van der Waals surface area contributed by atoms with Gasteiger partial charge in [0, 0.05) is 0 Å². The van der Waals surface area contributed by atoms with Crippen LogP contribution in [0.25, 0.3) is 10.4 Å². The molecule has 0 saturated carbocycles. The number of alkyl halides is 3. The fourth-order valence-corrected chi connectivity index (χ4v) is 2.42. The van der Waals surface area contributed by atoms with Crippen molar-refractivity contribution in [1.29, 1.82) is 0 Å². The molecule has 0 unspecified atom stereocenters. The lowest BCUT2D eigenvalue weighted by molar-refractivity contribution is -0.137. The summed E-state index contributed by atoms with van der Waals surface area (Å²) in [5.74, 6) is -0.745. The molecule has 0 radical (unpaired) electrons. The molecule has 0 amide bonds. The molecule has 106 valence electrons. The van der Waals surface area contributed by atoms with Gasteiger partial charge in [-0.3, -0.25) is 0 Å². The van der Waals surface area contributed by atoms with E-state index in [1.807, 2.05) is 0 Å². The smallest absolute Gasteiger partial charge is 0.416 e. The van der Waals surface area contributed by atoms with Gasteiger partial charge in [-0.25, -0.2) is 9.78 Å². The Morgan fingerprint density at radius 1 is 1.40 bits per heavy atom. The first-order valence-electron chi connectivity index (χ1n) is 5.35. The number of nitrogens with two attached hydrogens (primary N) is 1. The van der Waals surface area contributed by atoms with Crippen molar-refractivity contribution < 1.29 is 22.7 Å². The number of carbonyl (C=O) groups is 1. The third kappa shape index (κ3) is 2.74. The molecule has 1 heterocycles. The summed E-state index contributed by atoms with van der Waals surface area (Å²) in [5, 5.41) is 0.0813. The van der Waals surface area contributed by atoms with Crippen molar-refractivity contribution in [2.24, 2.45) is 0 Å². The molecule has 2 N–H and O–H groups in total. The average Bonchev–Trinajstić information content (AvgIpc) is 2.79. The summed E-state index contributed by atoms with van der Waals surface area (Å²) in [6, 6.07) is 4.61. The minimum atomic E-state index is -4.46. The number of nitrogen functional groups attached to an aromatic ring is 1. The number of anilines is 1. The van der Waals surface area contributed by atoms with E-state index in [0.717, 1.165) is 30.6 Å². The Balaban J connectivity index is 2.55. The number of hydrogen-bond donors (Lipinski definition) is 1. The van der Waals surface area contributed by atoms with E-state index in [2.05, 4.69) is 9.72 Å². The summed E-state index contributed by atoms with van der Waals surface area (Å²) in [6.45, 7) is 0. The molecule has 0 saturated heterocycles. The Morgan fingerprint density at radius 2 is 2.10 bits per heavy atom. The monoisotopic (exact) mass is 302 g/mol. The van der Waals surface area contributed by atoms with Crippen LogP contribution in [-0.4, -0.2) is 18.1 Å². The van der Waals surface area contributed by atoms with Crippen LogP contribution in [0, 0.1) is 0 Å². The van der Waals surface area contributed by atoms with Crippen molar-refractivity contribution in [3.63, 3.8) is 0 Å². The van der Waals surface area contributed by atoms with Crippen LogP contribution >= 0.6 is 11.3 Å². The van der Waals surface area contributed by atoms with Crippen molar-refractivity contribution in [2.75, 3.05) is 12.8 Å². The number of benzene rings is 1. The van der Waals surface area contributed by atoms with Crippen molar-refractivity contribution in [2.45, 2.75) is 6.18 Å². The number of thiazole rings is 1. The first-order chi connectivity index (χ1) is 9.32. The van der Waals surface area contributed by atoms with Crippen molar-refractivity contribution in [3.05, 3.63) is 35.5 Å². The van der Waals surface area contributed by atoms with Crippen LogP contribution < -0.4 is 5.73 Å². The normalized spacial score (nSPS) is 11.4. The molecule has 20 heavy (non-hydrogen) atoms. The maximum atomic E-state index is 12.7. The van der Waals surface area contributed by atoms with Crippen LogP contribution in [0.4, 0.5) is 18.3 Å². The van der Waals surface area contributed by atoms with Gasteiger partial charge in [0.15, 0.2) is 10.8 Å². The van der Waals surface area contributed by atoms with Gasteiger partial charge in [0.2, 0.25) is 0 Å². The third-order valence-corrected chi connectivity index (χ3v) is 3.41. The van der Waals surface area contributed by atoms with Crippen LogP contribution in [0.1, 0.15) is 16.1 Å². The van der Waals surface area contributed by atoms with Gasteiger partial charge in [-0.15, -0.1) is 0 Å². The number of halogens is 3. The Labute approximate surface area is 116 Å². The number of rotatable bonds is 2.